The Kier molecular flexibility index (Phi) is 3.76. The van der Waals surface area contributed by atoms with Gasteiger partial charge in [0.25, 0.3) is 0 Å². The molecule has 0 amide bonds. The van der Waals surface area contributed by atoms with E-state index in [0.717, 1.165) is 16.5 Å². The van der Waals surface area contributed by atoms with Crippen LogP contribution >= 0.6 is 11.3 Å². The van der Waals surface area contributed by atoms with E-state index in [2.05, 4.69) is 22.2 Å². The lowest BCUT2D eigenvalue weighted by molar-refractivity contribution is -0.691. The molecule has 90 valence electrons. The molecule has 4 heteroatoms. The Hall–Kier alpha value is -1.39. The number of nitrogens with one attached hydrogen (secondary N) is 1. The summed E-state index contributed by atoms with van der Waals surface area (Å²) in [4.78, 5) is 0. The molecule has 3 nitrogen and oxygen atoms in total. The van der Waals surface area contributed by atoms with Gasteiger partial charge in [0.2, 0.25) is 0 Å². The summed E-state index contributed by atoms with van der Waals surface area (Å²) in [5.74, 6) is 0. The molecule has 17 heavy (non-hydrogen) atoms. The number of anilines is 2. The van der Waals surface area contributed by atoms with Crippen molar-refractivity contribution in [3.63, 3.8) is 0 Å². The van der Waals surface area contributed by atoms with Crippen LogP contribution in [0.3, 0.4) is 0 Å². The topological polar surface area (TPSA) is 36.1 Å². The third-order valence-corrected chi connectivity index (χ3v) is 3.49. The average Bonchev–Trinajstić information content (AvgIpc) is 2.62. The summed E-state index contributed by atoms with van der Waals surface area (Å²) >= 11 is 1.65. The van der Waals surface area contributed by atoms with Gasteiger partial charge in [-0.3, -0.25) is 0 Å². The Morgan fingerprint density at radius 3 is 2.71 bits per heavy atom. The molecule has 0 fully saturated rings. The highest BCUT2D eigenvalue weighted by molar-refractivity contribution is 7.13. The first kappa shape index (κ1) is 12.1. The smallest absolute Gasteiger partial charge is 0.339 e. The van der Waals surface area contributed by atoms with Gasteiger partial charge in [0.1, 0.15) is 17.9 Å². The molecule has 2 aromatic rings. The van der Waals surface area contributed by atoms with Crippen molar-refractivity contribution in [3.05, 3.63) is 41.4 Å². The first-order chi connectivity index (χ1) is 8.16. The van der Waals surface area contributed by atoms with Crippen molar-refractivity contribution in [2.75, 3.05) is 5.32 Å². The molecule has 1 aromatic heterocycles. The van der Waals surface area contributed by atoms with Crippen molar-refractivity contribution in [1.82, 2.24) is 0 Å². The van der Waals surface area contributed by atoms with E-state index < -0.39 is 0 Å². The van der Waals surface area contributed by atoms with Crippen molar-refractivity contribution in [3.8, 4) is 0 Å². The van der Waals surface area contributed by atoms with Gasteiger partial charge in [0.15, 0.2) is 0 Å². The zero-order valence-electron chi connectivity index (χ0n) is 10.1. The fourth-order valence-corrected chi connectivity index (χ4v) is 2.59. The molecular formula is C13H17N2OS+. The maximum absolute atomic E-state index is 9.50. The fraction of sp³-hybridized carbons (Fsp3) is 0.308. The van der Waals surface area contributed by atoms with Crippen molar-refractivity contribution < 1.29 is 9.67 Å². The lowest BCUT2D eigenvalue weighted by atomic mass is 10.3. The number of thiazole rings is 1. The minimum Gasteiger partial charge on any atom is -0.389 e. The highest BCUT2D eigenvalue weighted by atomic mass is 32.1. The number of benzene rings is 1. The predicted molar refractivity (Wildman–Crippen MR) is 70.7 cm³/mol. The molecule has 1 atom stereocenters. The molecule has 2 N–H and O–H groups in total. The number of aromatic nitrogens is 1. The van der Waals surface area contributed by atoms with Gasteiger partial charge in [0.05, 0.1) is 6.10 Å². The number of aliphatic hydroxyl groups is 1. The minimum absolute atomic E-state index is 0.343. The van der Waals surface area contributed by atoms with E-state index in [0.29, 0.717) is 6.54 Å². The zero-order chi connectivity index (χ0) is 12.3. The number of nitrogens with zero attached hydrogens (tertiary/aromatic N) is 1. The Balaban J connectivity index is 2.21. The molecule has 0 bridgehead atoms. The van der Waals surface area contributed by atoms with E-state index in [1.807, 2.05) is 30.3 Å². The number of rotatable bonds is 4. The summed E-state index contributed by atoms with van der Waals surface area (Å²) in [5, 5.41) is 16.0. The van der Waals surface area contributed by atoms with Gasteiger partial charge in [-0.05, 0) is 26.0 Å². The summed E-state index contributed by atoms with van der Waals surface area (Å²) in [5.41, 5.74) is 2.23. The van der Waals surface area contributed by atoms with E-state index in [4.69, 9.17) is 0 Å². The van der Waals surface area contributed by atoms with Crippen molar-refractivity contribution in [2.24, 2.45) is 0 Å². The summed E-state index contributed by atoms with van der Waals surface area (Å²) in [6, 6.07) is 10.1. The molecule has 0 aliphatic carbocycles. The summed E-state index contributed by atoms with van der Waals surface area (Å²) in [6.45, 7) is 4.47. The Bertz CT molecular complexity index is 479. The van der Waals surface area contributed by atoms with E-state index in [1.54, 1.807) is 18.3 Å². The number of para-hydroxylation sites is 1. The van der Waals surface area contributed by atoms with Gasteiger partial charge in [-0.1, -0.05) is 29.5 Å². The van der Waals surface area contributed by atoms with Crippen molar-refractivity contribution in [1.29, 1.82) is 0 Å². The van der Waals surface area contributed by atoms with Crippen LogP contribution in [0.1, 0.15) is 12.6 Å². The highest BCUT2D eigenvalue weighted by Gasteiger charge is 2.16. The van der Waals surface area contributed by atoms with Crippen LogP contribution < -0.4 is 9.88 Å². The second-order valence-corrected chi connectivity index (χ2v) is 4.99. The fourth-order valence-electron chi connectivity index (χ4n) is 1.66. The standard InChI is InChI=1S/C13H16N2OS/c1-10-9-17-13(15(10)8-11(2)16)14-12-6-4-3-5-7-12/h3-7,9,11,16H,8H2,1-2H3/p+1/t11-/m0/s1. The first-order valence-corrected chi connectivity index (χ1v) is 6.53. The summed E-state index contributed by atoms with van der Waals surface area (Å²) in [7, 11) is 0. The van der Waals surface area contributed by atoms with Gasteiger partial charge < -0.3 is 5.11 Å². The van der Waals surface area contributed by atoms with Gasteiger partial charge in [-0.2, -0.15) is 0 Å². The predicted octanol–water partition coefficient (Wildman–Crippen LogP) is 2.47. The minimum atomic E-state index is -0.343. The van der Waals surface area contributed by atoms with E-state index in [1.165, 1.54) is 0 Å². The highest BCUT2D eigenvalue weighted by Crippen LogP contribution is 2.18. The molecule has 0 aliphatic rings. The first-order valence-electron chi connectivity index (χ1n) is 5.65. The second kappa shape index (κ2) is 5.29. The molecule has 0 spiro atoms. The molecule has 1 heterocycles. The quantitative estimate of drug-likeness (QED) is 0.817. The van der Waals surface area contributed by atoms with Crippen LogP contribution in [0.25, 0.3) is 0 Å². The molecule has 0 radical (unpaired) electrons. The van der Waals surface area contributed by atoms with Crippen molar-refractivity contribution in [2.45, 2.75) is 26.5 Å². The van der Waals surface area contributed by atoms with E-state index in [9.17, 15) is 5.11 Å². The third-order valence-electron chi connectivity index (χ3n) is 2.48. The number of aryl methyl sites for hydroxylation is 1. The molecular weight excluding hydrogens is 232 g/mol. The number of hydrogen-bond donors (Lipinski definition) is 2. The van der Waals surface area contributed by atoms with Gasteiger partial charge in [-0.25, -0.2) is 9.88 Å². The maximum Gasteiger partial charge on any atom is 0.339 e. The second-order valence-electron chi connectivity index (χ2n) is 4.13. The van der Waals surface area contributed by atoms with Crippen molar-refractivity contribution >= 4 is 22.2 Å². The van der Waals surface area contributed by atoms with Crippen LogP contribution in [0.15, 0.2) is 35.7 Å². The van der Waals surface area contributed by atoms with E-state index >= 15 is 0 Å². The van der Waals surface area contributed by atoms with E-state index in [-0.39, 0.29) is 6.10 Å². The zero-order valence-corrected chi connectivity index (χ0v) is 10.9. The SMILES string of the molecule is Cc1csc(Nc2ccccc2)[n+]1C[C@H](C)O. The lowest BCUT2D eigenvalue weighted by Gasteiger charge is -2.05. The third kappa shape index (κ3) is 3.05. The molecule has 1 aromatic carbocycles. The molecule has 2 rings (SSSR count). The van der Waals surface area contributed by atoms with Gasteiger partial charge in [-0.15, -0.1) is 0 Å². The van der Waals surface area contributed by atoms with Crippen LogP contribution in [0.2, 0.25) is 0 Å². The Labute approximate surface area is 105 Å². The van der Waals surface area contributed by atoms with Crippen LogP contribution in [0.4, 0.5) is 10.8 Å². The molecule has 0 unspecified atom stereocenters. The number of hydrogen-bond acceptors (Lipinski definition) is 3. The Morgan fingerprint density at radius 2 is 2.06 bits per heavy atom. The number of aliphatic hydroxyl groups excluding tert-OH is 1. The molecule has 0 saturated heterocycles. The van der Waals surface area contributed by atoms with Crippen LogP contribution in [-0.4, -0.2) is 11.2 Å². The lowest BCUT2D eigenvalue weighted by Crippen LogP contribution is -2.41. The maximum atomic E-state index is 9.50. The summed E-state index contributed by atoms with van der Waals surface area (Å²) < 4.78 is 2.10. The average molecular weight is 249 g/mol. The van der Waals surface area contributed by atoms with Crippen LogP contribution in [-0.2, 0) is 6.54 Å². The normalized spacial score (nSPS) is 12.4. The van der Waals surface area contributed by atoms with Crippen LogP contribution in [0.5, 0.6) is 0 Å². The Morgan fingerprint density at radius 1 is 1.35 bits per heavy atom. The molecule has 0 saturated carbocycles. The van der Waals surface area contributed by atoms with Gasteiger partial charge >= 0.3 is 5.13 Å². The van der Waals surface area contributed by atoms with Gasteiger partial charge in [0, 0.05) is 5.38 Å². The monoisotopic (exact) mass is 249 g/mol. The summed E-state index contributed by atoms with van der Waals surface area (Å²) in [6.07, 6.45) is -0.343. The largest absolute Gasteiger partial charge is 0.389 e. The molecule has 0 aliphatic heterocycles. The van der Waals surface area contributed by atoms with Crippen LogP contribution in [0, 0.1) is 6.92 Å².